The molecular formula is C9H13N3O2. The lowest BCUT2D eigenvalue weighted by molar-refractivity contribution is 0.0689. The highest BCUT2D eigenvalue weighted by molar-refractivity contribution is 5.86. The summed E-state index contributed by atoms with van der Waals surface area (Å²) in [7, 11) is 0. The molecule has 1 heterocycles. The second-order valence-corrected chi connectivity index (χ2v) is 3.63. The predicted octanol–water partition coefficient (Wildman–Crippen LogP) is 1.26. The average molecular weight is 195 g/mol. The molecule has 0 spiro atoms. The van der Waals surface area contributed by atoms with E-state index in [-0.39, 0.29) is 5.69 Å². The quantitative estimate of drug-likeness (QED) is 0.785. The van der Waals surface area contributed by atoms with Crippen LogP contribution in [0.5, 0.6) is 0 Å². The lowest BCUT2D eigenvalue weighted by Crippen LogP contribution is -2.07. The van der Waals surface area contributed by atoms with Crippen LogP contribution < -0.4 is 0 Å². The molecule has 5 nitrogen and oxygen atoms in total. The average Bonchev–Trinajstić information content (AvgIpc) is 2.88. The summed E-state index contributed by atoms with van der Waals surface area (Å²) in [5, 5.41) is 16.5. The van der Waals surface area contributed by atoms with Crippen LogP contribution in [0.3, 0.4) is 0 Å². The van der Waals surface area contributed by atoms with Crippen LogP contribution in [0.25, 0.3) is 0 Å². The Morgan fingerprint density at radius 1 is 1.64 bits per heavy atom. The summed E-state index contributed by atoms with van der Waals surface area (Å²) in [4.78, 5) is 10.9. The molecule has 14 heavy (non-hydrogen) atoms. The zero-order chi connectivity index (χ0) is 10.1. The maximum absolute atomic E-state index is 10.9. The van der Waals surface area contributed by atoms with Crippen molar-refractivity contribution in [3.8, 4) is 0 Å². The first-order valence-corrected chi connectivity index (χ1v) is 4.90. The van der Waals surface area contributed by atoms with Crippen LogP contribution in [0.15, 0.2) is 0 Å². The van der Waals surface area contributed by atoms with Gasteiger partial charge in [0, 0.05) is 12.5 Å². The van der Waals surface area contributed by atoms with Gasteiger partial charge in [-0.25, -0.2) is 9.48 Å². The largest absolute Gasteiger partial charge is 0.476 e. The fraction of sp³-hybridized carbons (Fsp3) is 0.667. The zero-order valence-corrected chi connectivity index (χ0v) is 8.10. The number of nitrogens with zero attached hydrogens (tertiary/aromatic N) is 3. The molecule has 0 unspecified atom stereocenters. The smallest absolute Gasteiger partial charge is 0.358 e. The molecule has 0 atom stereocenters. The van der Waals surface area contributed by atoms with Crippen molar-refractivity contribution in [1.82, 2.24) is 15.0 Å². The van der Waals surface area contributed by atoms with Crippen LogP contribution in [0.1, 0.15) is 48.3 Å². The number of carbonyl (C=O) groups is 1. The van der Waals surface area contributed by atoms with E-state index < -0.39 is 5.97 Å². The van der Waals surface area contributed by atoms with Crippen LogP contribution in [-0.4, -0.2) is 26.1 Å². The molecular weight excluding hydrogens is 182 g/mol. The highest BCUT2D eigenvalue weighted by Crippen LogP contribution is 2.41. The summed E-state index contributed by atoms with van der Waals surface area (Å²) in [6, 6.07) is 0. The molecule has 0 bridgehead atoms. The van der Waals surface area contributed by atoms with Crippen molar-refractivity contribution in [2.24, 2.45) is 0 Å². The Morgan fingerprint density at radius 3 is 2.86 bits per heavy atom. The molecule has 5 heteroatoms. The number of hydrogen-bond acceptors (Lipinski definition) is 3. The second kappa shape index (κ2) is 3.40. The molecule has 1 fully saturated rings. The molecule has 0 aromatic carbocycles. The van der Waals surface area contributed by atoms with Crippen LogP contribution in [0.2, 0.25) is 0 Å². The summed E-state index contributed by atoms with van der Waals surface area (Å²) in [6.07, 6.45) is 3.08. The van der Waals surface area contributed by atoms with E-state index in [1.807, 2.05) is 6.92 Å². The van der Waals surface area contributed by atoms with E-state index >= 15 is 0 Å². The van der Waals surface area contributed by atoms with Crippen molar-refractivity contribution in [1.29, 1.82) is 0 Å². The highest BCUT2D eigenvalue weighted by atomic mass is 16.4. The molecule has 1 aromatic heterocycles. The second-order valence-electron chi connectivity index (χ2n) is 3.63. The number of aromatic carboxylic acids is 1. The minimum Gasteiger partial charge on any atom is -0.476 e. The van der Waals surface area contributed by atoms with Gasteiger partial charge in [0.25, 0.3) is 0 Å². The van der Waals surface area contributed by atoms with E-state index in [1.165, 1.54) is 0 Å². The van der Waals surface area contributed by atoms with Crippen molar-refractivity contribution in [3.63, 3.8) is 0 Å². The van der Waals surface area contributed by atoms with Gasteiger partial charge in [-0.1, -0.05) is 12.1 Å². The molecule has 0 amide bonds. The Kier molecular flexibility index (Phi) is 2.23. The van der Waals surface area contributed by atoms with E-state index in [9.17, 15) is 4.79 Å². The maximum atomic E-state index is 10.9. The zero-order valence-electron chi connectivity index (χ0n) is 8.10. The topological polar surface area (TPSA) is 68.0 Å². The third-order valence-corrected chi connectivity index (χ3v) is 2.38. The number of rotatable bonds is 4. The minimum absolute atomic E-state index is 0.140. The minimum atomic E-state index is -0.964. The van der Waals surface area contributed by atoms with Gasteiger partial charge in [0.2, 0.25) is 0 Å². The summed E-state index contributed by atoms with van der Waals surface area (Å²) in [6.45, 7) is 2.80. The number of aryl methyl sites for hydroxylation is 1. The number of carboxylic acids is 1. The van der Waals surface area contributed by atoms with Crippen molar-refractivity contribution < 1.29 is 9.90 Å². The molecule has 2 rings (SSSR count). The van der Waals surface area contributed by atoms with Gasteiger partial charge in [0.1, 0.15) is 0 Å². The van der Waals surface area contributed by atoms with Crippen molar-refractivity contribution >= 4 is 5.97 Å². The van der Waals surface area contributed by atoms with Crippen LogP contribution in [0.4, 0.5) is 0 Å². The summed E-state index contributed by atoms with van der Waals surface area (Å²) < 4.78 is 1.74. The van der Waals surface area contributed by atoms with Gasteiger partial charge in [0.05, 0.1) is 5.69 Å². The first kappa shape index (κ1) is 9.18. The predicted molar refractivity (Wildman–Crippen MR) is 49.2 cm³/mol. The van der Waals surface area contributed by atoms with Crippen molar-refractivity contribution in [3.05, 3.63) is 11.4 Å². The Labute approximate surface area is 81.7 Å². The number of carboxylic acid groups (broad SMARTS) is 1. The fourth-order valence-corrected chi connectivity index (χ4v) is 1.61. The van der Waals surface area contributed by atoms with Gasteiger partial charge in [-0.15, -0.1) is 5.10 Å². The molecule has 0 saturated heterocycles. The highest BCUT2D eigenvalue weighted by Gasteiger charge is 2.33. The SMILES string of the molecule is CCCn1nnc(C(=O)O)c1C1CC1. The molecule has 0 aliphatic heterocycles. The molecule has 1 saturated carbocycles. The fourth-order valence-electron chi connectivity index (χ4n) is 1.61. The van der Waals surface area contributed by atoms with E-state index in [1.54, 1.807) is 4.68 Å². The Hall–Kier alpha value is -1.39. The van der Waals surface area contributed by atoms with Gasteiger partial charge in [-0.2, -0.15) is 0 Å². The summed E-state index contributed by atoms with van der Waals surface area (Å²) in [5.74, 6) is -0.586. The van der Waals surface area contributed by atoms with Gasteiger partial charge in [0.15, 0.2) is 5.69 Å². The molecule has 1 aliphatic rings. The Bertz CT molecular complexity index is 355. The third-order valence-electron chi connectivity index (χ3n) is 2.38. The van der Waals surface area contributed by atoms with Crippen LogP contribution in [-0.2, 0) is 6.54 Å². The maximum Gasteiger partial charge on any atom is 0.358 e. The van der Waals surface area contributed by atoms with Gasteiger partial charge in [-0.05, 0) is 19.3 Å². The van der Waals surface area contributed by atoms with E-state index in [4.69, 9.17) is 5.11 Å². The Balaban J connectivity index is 2.36. The van der Waals surface area contributed by atoms with Crippen molar-refractivity contribution in [2.75, 3.05) is 0 Å². The van der Waals surface area contributed by atoms with Gasteiger partial charge in [-0.3, -0.25) is 0 Å². The number of aromatic nitrogens is 3. The standard InChI is InChI=1S/C9H13N3O2/c1-2-5-12-8(6-3-4-6)7(9(13)14)10-11-12/h6H,2-5H2,1H3,(H,13,14). The lowest BCUT2D eigenvalue weighted by Gasteiger charge is -2.02. The monoisotopic (exact) mass is 195 g/mol. The summed E-state index contributed by atoms with van der Waals surface area (Å²) >= 11 is 0. The Morgan fingerprint density at radius 2 is 2.36 bits per heavy atom. The van der Waals surface area contributed by atoms with E-state index in [0.717, 1.165) is 31.5 Å². The van der Waals surface area contributed by atoms with Crippen molar-refractivity contribution in [2.45, 2.75) is 38.6 Å². The van der Waals surface area contributed by atoms with E-state index in [2.05, 4.69) is 10.3 Å². The first-order valence-electron chi connectivity index (χ1n) is 4.90. The normalized spacial score (nSPS) is 15.8. The first-order chi connectivity index (χ1) is 6.74. The van der Waals surface area contributed by atoms with Crippen LogP contribution >= 0.6 is 0 Å². The summed E-state index contributed by atoms with van der Waals surface area (Å²) in [5.41, 5.74) is 0.959. The molecule has 1 aromatic rings. The van der Waals surface area contributed by atoms with E-state index in [0.29, 0.717) is 5.92 Å². The lowest BCUT2D eigenvalue weighted by atomic mass is 10.2. The van der Waals surface area contributed by atoms with Gasteiger partial charge < -0.3 is 5.11 Å². The third kappa shape index (κ3) is 1.49. The molecule has 1 N–H and O–H groups in total. The molecule has 76 valence electrons. The number of hydrogen-bond donors (Lipinski definition) is 1. The molecule has 1 aliphatic carbocycles. The molecule has 0 radical (unpaired) electrons. The van der Waals surface area contributed by atoms with Gasteiger partial charge >= 0.3 is 5.97 Å². The van der Waals surface area contributed by atoms with Crippen LogP contribution in [0, 0.1) is 0 Å².